The maximum absolute atomic E-state index is 13.6. The molecule has 2 saturated heterocycles. The summed E-state index contributed by atoms with van der Waals surface area (Å²) in [4.78, 5) is 22.4. The number of ether oxygens (including phenoxy) is 2. The maximum atomic E-state index is 13.6. The molecule has 8 heteroatoms. The summed E-state index contributed by atoms with van der Waals surface area (Å²) >= 11 is 1.76. The second-order valence-corrected chi connectivity index (χ2v) is 9.91. The van der Waals surface area contributed by atoms with Crippen LogP contribution < -0.4 is 4.74 Å². The van der Waals surface area contributed by atoms with Crippen LogP contribution in [0.5, 0.6) is 5.75 Å². The third-order valence-electron chi connectivity index (χ3n) is 6.60. The molecule has 1 amide bonds. The zero-order valence-electron chi connectivity index (χ0n) is 19.1. The third-order valence-corrected chi connectivity index (χ3v) is 7.88. The highest BCUT2D eigenvalue weighted by Gasteiger charge is 2.40. The van der Waals surface area contributed by atoms with Crippen molar-refractivity contribution in [3.63, 3.8) is 0 Å². The van der Waals surface area contributed by atoms with E-state index in [1.54, 1.807) is 18.9 Å². The van der Waals surface area contributed by atoms with Crippen LogP contribution in [0.25, 0.3) is 10.8 Å². The first-order valence-electron chi connectivity index (χ1n) is 11.4. The van der Waals surface area contributed by atoms with Gasteiger partial charge in [-0.2, -0.15) is 0 Å². The van der Waals surface area contributed by atoms with Crippen molar-refractivity contribution in [2.45, 2.75) is 29.4 Å². The number of methoxy groups -OCH3 is 1. The van der Waals surface area contributed by atoms with E-state index in [1.165, 1.54) is 10.8 Å². The average Bonchev–Trinajstić information content (AvgIpc) is 3.45. The minimum atomic E-state index is -0.162. The Balaban J connectivity index is 1.44. The topological polar surface area (TPSA) is 59.8 Å². The molecule has 2 unspecified atom stereocenters. The smallest absolute Gasteiger partial charge is 0.240 e. The number of fused-ring (bicyclic) bond motifs is 1. The van der Waals surface area contributed by atoms with Crippen molar-refractivity contribution >= 4 is 28.4 Å². The molecule has 2 aliphatic rings. The number of benzene rings is 2. The number of carbonyl (C=O) groups excluding carboxylic acids is 1. The van der Waals surface area contributed by atoms with Gasteiger partial charge in [-0.1, -0.05) is 42.1 Å². The number of nitrogens with zero attached hydrogens (tertiary/aromatic N) is 4. The number of aryl methyl sites for hydroxylation is 1. The van der Waals surface area contributed by atoms with Crippen LogP contribution in [0.15, 0.2) is 53.9 Å². The fourth-order valence-corrected chi connectivity index (χ4v) is 6.05. The summed E-state index contributed by atoms with van der Waals surface area (Å²) in [6.07, 6.45) is 4.60. The Morgan fingerprint density at radius 2 is 2.03 bits per heavy atom. The summed E-state index contributed by atoms with van der Waals surface area (Å²) in [6.45, 7) is 4.05. The van der Waals surface area contributed by atoms with E-state index in [9.17, 15) is 4.79 Å². The van der Waals surface area contributed by atoms with Gasteiger partial charge in [0.05, 0.1) is 26.4 Å². The standard InChI is InChI=1S/C25H30N4O3S/c1-27-10-9-26-25(27)33-19-15-22(24(30)28-11-13-32-14-12-28)29(16-19)17-21-20-6-4-3-5-18(20)7-8-23(21)31-2/h3-10,19,22H,11-17H2,1-2H3. The summed E-state index contributed by atoms with van der Waals surface area (Å²) in [6, 6.07) is 12.3. The number of thioether (sulfide) groups is 1. The first-order chi connectivity index (χ1) is 16.1. The minimum Gasteiger partial charge on any atom is -0.496 e. The van der Waals surface area contributed by atoms with Crippen molar-refractivity contribution in [1.29, 1.82) is 0 Å². The summed E-state index contributed by atoms with van der Waals surface area (Å²) in [5.74, 6) is 1.08. The first-order valence-corrected chi connectivity index (χ1v) is 12.3. The van der Waals surface area contributed by atoms with Gasteiger partial charge in [-0.05, 0) is 23.3 Å². The molecular formula is C25H30N4O3S. The highest BCUT2D eigenvalue weighted by molar-refractivity contribution is 7.99. The summed E-state index contributed by atoms with van der Waals surface area (Å²) in [7, 11) is 3.73. The van der Waals surface area contributed by atoms with Crippen LogP contribution >= 0.6 is 11.8 Å². The minimum absolute atomic E-state index is 0.162. The zero-order chi connectivity index (χ0) is 22.8. The van der Waals surface area contributed by atoms with Gasteiger partial charge < -0.3 is 18.9 Å². The monoisotopic (exact) mass is 466 g/mol. The van der Waals surface area contributed by atoms with Crippen LogP contribution in [-0.2, 0) is 23.1 Å². The van der Waals surface area contributed by atoms with Crippen molar-refractivity contribution in [2.24, 2.45) is 7.05 Å². The molecule has 3 aromatic rings. The average molecular weight is 467 g/mol. The Bertz CT molecular complexity index is 1130. The molecule has 3 heterocycles. The van der Waals surface area contributed by atoms with Gasteiger partial charge in [0, 0.05) is 56.4 Å². The summed E-state index contributed by atoms with van der Waals surface area (Å²) in [5, 5.41) is 3.64. The number of carbonyl (C=O) groups is 1. The molecule has 2 aliphatic heterocycles. The van der Waals surface area contributed by atoms with Gasteiger partial charge in [-0.15, -0.1) is 0 Å². The highest BCUT2D eigenvalue weighted by atomic mass is 32.2. The first kappa shape index (κ1) is 22.3. The molecule has 2 aromatic carbocycles. The van der Waals surface area contributed by atoms with Gasteiger partial charge >= 0.3 is 0 Å². The molecule has 5 rings (SSSR count). The predicted octanol–water partition coefficient (Wildman–Crippen LogP) is 3.18. The van der Waals surface area contributed by atoms with Gasteiger partial charge in [-0.25, -0.2) is 4.98 Å². The Morgan fingerprint density at radius 3 is 2.79 bits per heavy atom. The van der Waals surface area contributed by atoms with Gasteiger partial charge in [0.15, 0.2) is 5.16 Å². The lowest BCUT2D eigenvalue weighted by Crippen LogP contribution is -2.49. The molecule has 0 spiro atoms. The largest absolute Gasteiger partial charge is 0.496 e. The molecule has 33 heavy (non-hydrogen) atoms. The number of imidazole rings is 1. The van der Waals surface area contributed by atoms with Crippen LogP contribution in [0.1, 0.15) is 12.0 Å². The molecule has 0 bridgehead atoms. The number of likely N-dealkylation sites (tertiary alicyclic amines) is 1. The van der Waals surface area contributed by atoms with E-state index in [1.807, 2.05) is 35.0 Å². The van der Waals surface area contributed by atoms with E-state index < -0.39 is 0 Å². The van der Waals surface area contributed by atoms with Crippen LogP contribution in [0.2, 0.25) is 0 Å². The van der Waals surface area contributed by atoms with E-state index >= 15 is 0 Å². The zero-order valence-corrected chi connectivity index (χ0v) is 20.0. The molecule has 2 atom stereocenters. The van der Waals surface area contributed by atoms with E-state index in [-0.39, 0.29) is 11.9 Å². The molecular weight excluding hydrogens is 436 g/mol. The fraction of sp³-hybridized carbons (Fsp3) is 0.440. The highest BCUT2D eigenvalue weighted by Crippen LogP contribution is 2.36. The Hall–Kier alpha value is -2.55. The van der Waals surface area contributed by atoms with Crippen LogP contribution in [0.4, 0.5) is 0 Å². The van der Waals surface area contributed by atoms with E-state index in [4.69, 9.17) is 9.47 Å². The van der Waals surface area contributed by atoms with Crippen molar-refractivity contribution in [1.82, 2.24) is 19.4 Å². The van der Waals surface area contributed by atoms with Crippen molar-refractivity contribution in [3.05, 3.63) is 54.4 Å². The fourth-order valence-electron chi connectivity index (χ4n) is 4.86. The number of rotatable bonds is 6. The molecule has 1 aromatic heterocycles. The molecule has 0 aliphatic carbocycles. The number of hydrogen-bond donors (Lipinski definition) is 0. The lowest BCUT2D eigenvalue weighted by Gasteiger charge is -2.32. The van der Waals surface area contributed by atoms with E-state index in [0.717, 1.165) is 29.4 Å². The number of morpholine rings is 1. The lowest BCUT2D eigenvalue weighted by atomic mass is 10.0. The second kappa shape index (κ2) is 9.75. The number of amides is 1. The Labute approximate surface area is 198 Å². The van der Waals surface area contributed by atoms with Crippen LogP contribution in [0, 0.1) is 0 Å². The van der Waals surface area contributed by atoms with Gasteiger partial charge in [0.1, 0.15) is 5.75 Å². The number of aromatic nitrogens is 2. The van der Waals surface area contributed by atoms with Gasteiger partial charge in [0.25, 0.3) is 0 Å². The maximum Gasteiger partial charge on any atom is 0.240 e. The normalized spacial score (nSPS) is 21.6. The molecule has 0 N–H and O–H groups in total. The van der Waals surface area contributed by atoms with Crippen molar-refractivity contribution in [3.8, 4) is 5.75 Å². The summed E-state index contributed by atoms with van der Waals surface area (Å²) in [5.41, 5.74) is 1.14. The Morgan fingerprint density at radius 1 is 1.21 bits per heavy atom. The van der Waals surface area contributed by atoms with Crippen LogP contribution in [0.3, 0.4) is 0 Å². The quantitative estimate of drug-likeness (QED) is 0.556. The summed E-state index contributed by atoms with van der Waals surface area (Å²) < 4.78 is 13.3. The van der Waals surface area contributed by atoms with Gasteiger partial charge in [-0.3, -0.25) is 9.69 Å². The third kappa shape index (κ3) is 4.60. The van der Waals surface area contributed by atoms with Gasteiger partial charge in [0.2, 0.25) is 5.91 Å². The predicted molar refractivity (Wildman–Crippen MR) is 130 cm³/mol. The van der Waals surface area contributed by atoms with Crippen LogP contribution in [-0.4, -0.2) is 76.5 Å². The van der Waals surface area contributed by atoms with Crippen molar-refractivity contribution < 1.29 is 14.3 Å². The lowest BCUT2D eigenvalue weighted by molar-refractivity contribution is -0.140. The molecule has 2 fully saturated rings. The molecule has 0 radical (unpaired) electrons. The SMILES string of the molecule is COc1ccc2ccccc2c1CN1CC(Sc2nccn2C)CC1C(=O)N1CCOCC1. The second-order valence-electron chi connectivity index (χ2n) is 8.65. The van der Waals surface area contributed by atoms with Crippen molar-refractivity contribution in [2.75, 3.05) is 40.0 Å². The molecule has 7 nitrogen and oxygen atoms in total. The molecule has 174 valence electrons. The van der Waals surface area contributed by atoms with E-state index in [0.29, 0.717) is 38.1 Å². The van der Waals surface area contributed by atoms with E-state index in [2.05, 4.69) is 40.2 Å². The molecule has 0 saturated carbocycles. The Kier molecular flexibility index (Phi) is 6.57. The number of hydrogen-bond acceptors (Lipinski definition) is 6.